The second-order valence-electron chi connectivity index (χ2n) is 4.64. The fraction of sp³-hybridized carbons (Fsp3) is 0.125. The van der Waals surface area contributed by atoms with E-state index in [0.717, 1.165) is 16.0 Å². The highest BCUT2D eigenvalue weighted by atomic mass is 32.1. The maximum atomic E-state index is 13.5. The molecule has 0 saturated carbocycles. The van der Waals surface area contributed by atoms with Gasteiger partial charge < -0.3 is 4.74 Å². The Balaban J connectivity index is 1.72. The molecular formula is C16H14FN3O2S. The number of rotatable bonds is 5. The smallest absolute Gasteiger partial charge is 0.272 e. The summed E-state index contributed by atoms with van der Waals surface area (Å²) in [7, 11) is 0. The summed E-state index contributed by atoms with van der Waals surface area (Å²) in [5, 5.41) is 0.512. The predicted molar refractivity (Wildman–Crippen MR) is 88.3 cm³/mol. The quantitative estimate of drug-likeness (QED) is 0.701. The second kappa shape index (κ2) is 6.62. The van der Waals surface area contributed by atoms with E-state index >= 15 is 0 Å². The largest absolute Gasteiger partial charge is 0.494 e. The fourth-order valence-electron chi connectivity index (χ4n) is 2.04. The Morgan fingerprint density at radius 1 is 1.30 bits per heavy atom. The fourth-order valence-corrected chi connectivity index (χ4v) is 2.89. The van der Waals surface area contributed by atoms with Gasteiger partial charge >= 0.3 is 0 Å². The normalized spacial score (nSPS) is 10.5. The van der Waals surface area contributed by atoms with Crippen molar-refractivity contribution in [2.24, 2.45) is 0 Å². The molecule has 0 radical (unpaired) electrons. The molecule has 3 aromatic rings. The van der Waals surface area contributed by atoms with Crippen LogP contribution in [0, 0.1) is 5.82 Å². The average molecular weight is 331 g/mol. The lowest BCUT2D eigenvalue weighted by Crippen LogP contribution is -2.29. The zero-order valence-corrected chi connectivity index (χ0v) is 13.1. The molecule has 1 aromatic heterocycles. The van der Waals surface area contributed by atoms with E-state index in [2.05, 4.69) is 15.8 Å². The molecule has 0 spiro atoms. The van der Waals surface area contributed by atoms with Crippen LogP contribution in [0.1, 0.15) is 17.3 Å². The molecule has 1 heterocycles. The minimum Gasteiger partial charge on any atom is -0.494 e. The van der Waals surface area contributed by atoms with Gasteiger partial charge in [0.1, 0.15) is 11.6 Å². The second-order valence-corrected chi connectivity index (χ2v) is 5.67. The van der Waals surface area contributed by atoms with Gasteiger partial charge in [0.05, 0.1) is 22.4 Å². The molecule has 0 unspecified atom stereocenters. The van der Waals surface area contributed by atoms with Crippen molar-refractivity contribution in [3.63, 3.8) is 0 Å². The van der Waals surface area contributed by atoms with Crippen molar-refractivity contribution >= 4 is 32.6 Å². The molecule has 5 nitrogen and oxygen atoms in total. The molecule has 0 fully saturated rings. The van der Waals surface area contributed by atoms with Gasteiger partial charge in [-0.05, 0) is 37.3 Å². The van der Waals surface area contributed by atoms with Crippen molar-refractivity contribution in [2.75, 3.05) is 12.0 Å². The SMILES string of the molecule is CCOc1ccc2nc(NNC(=O)c3ccccc3F)sc2c1. The first kappa shape index (κ1) is 15.2. The molecule has 2 N–H and O–H groups in total. The summed E-state index contributed by atoms with van der Waals surface area (Å²) in [4.78, 5) is 16.3. The van der Waals surface area contributed by atoms with Gasteiger partial charge in [0.2, 0.25) is 5.13 Å². The standard InChI is InChI=1S/C16H14FN3O2S/c1-2-22-10-7-8-13-14(9-10)23-16(18-13)20-19-15(21)11-5-3-4-6-12(11)17/h3-9H,2H2,1H3,(H,18,20)(H,19,21). The summed E-state index contributed by atoms with van der Waals surface area (Å²) in [5.74, 6) is -0.361. The van der Waals surface area contributed by atoms with Crippen molar-refractivity contribution in [1.29, 1.82) is 0 Å². The number of halogens is 1. The maximum absolute atomic E-state index is 13.5. The number of nitrogens with one attached hydrogen (secondary N) is 2. The van der Waals surface area contributed by atoms with Crippen LogP contribution in [0.4, 0.5) is 9.52 Å². The van der Waals surface area contributed by atoms with Gasteiger partial charge in [0.15, 0.2) is 0 Å². The molecule has 118 valence electrons. The third-order valence-electron chi connectivity index (χ3n) is 3.07. The first-order chi connectivity index (χ1) is 11.2. The van der Waals surface area contributed by atoms with Crippen LogP contribution in [0.3, 0.4) is 0 Å². The van der Waals surface area contributed by atoms with E-state index in [-0.39, 0.29) is 5.56 Å². The number of benzene rings is 2. The van der Waals surface area contributed by atoms with E-state index < -0.39 is 11.7 Å². The molecule has 1 amide bonds. The summed E-state index contributed by atoms with van der Waals surface area (Å²) in [6.07, 6.45) is 0. The highest BCUT2D eigenvalue weighted by Crippen LogP contribution is 2.28. The molecule has 23 heavy (non-hydrogen) atoms. The molecular weight excluding hydrogens is 317 g/mol. The van der Waals surface area contributed by atoms with Crippen LogP contribution >= 0.6 is 11.3 Å². The number of thiazole rings is 1. The van der Waals surface area contributed by atoms with E-state index in [1.807, 2.05) is 25.1 Å². The number of hydrogen-bond acceptors (Lipinski definition) is 5. The first-order valence-corrected chi connectivity index (χ1v) is 7.83. The number of ether oxygens (including phenoxy) is 1. The summed E-state index contributed by atoms with van der Waals surface area (Å²) < 4.78 is 19.9. The topological polar surface area (TPSA) is 63.2 Å². The van der Waals surface area contributed by atoms with Crippen LogP contribution in [-0.4, -0.2) is 17.5 Å². The number of anilines is 1. The molecule has 0 aliphatic rings. The van der Waals surface area contributed by atoms with E-state index in [4.69, 9.17) is 4.74 Å². The number of hydrazine groups is 1. The Bertz CT molecular complexity index is 850. The molecule has 0 saturated heterocycles. The lowest BCUT2D eigenvalue weighted by atomic mass is 10.2. The number of carbonyl (C=O) groups is 1. The maximum Gasteiger partial charge on any atom is 0.272 e. The zero-order chi connectivity index (χ0) is 16.2. The average Bonchev–Trinajstić information content (AvgIpc) is 2.95. The van der Waals surface area contributed by atoms with Crippen LogP contribution < -0.4 is 15.6 Å². The molecule has 7 heteroatoms. The highest BCUT2D eigenvalue weighted by Gasteiger charge is 2.11. The molecule has 0 atom stereocenters. The number of carbonyl (C=O) groups excluding carboxylic acids is 1. The summed E-state index contributed by atoms with van der Waals surface area (Å²) >= 11 is 1.37. The van der Waals surface area contributed by atoms with E-state index in [1.165, 1.54) is 29.5 Å². The van der Waals surface area contributed by atoms with Crippen molar-refractivity contribution < 1.29 is 13.9 Å². The predicted octanol–water partition coefficient (Wildman–Crippen LogP) is 3.59. The lowest BCUT2D eigenvalue weighted by molar-refractivity contribution is 0.0958. The van der Waals surface area contributed by atoms with Gasteiger partial charge in [0, 0.05) is 0 Å². The molecule has 2 aromatic carbocycles. The minimum atomic E-state index is -0.572. The van der Waals surface area contributed by atoms with Crippen molar-refractivity contribution in [1.82, 2.24) is 10.4 Å². The monoisotopic (exact) mass is 331 g/mol. The molecule has 0 bridgehead atoms. The third kappa shape index (κ3) is 3.40. The minimum absolute atomic E-state index is 0.0280. The molecule has 3 rings (SSSR count). The Kier molecular flexibility index (Phi) is 4.38. The van der Waals surface area contributed by atoms with Gasteiger partial charge in [-0.2, -0.15) is 0 Å². The molecule has 0 aliphatic carbocycles. The van der Waals surface area contributed by atoms with Crippen molar-refractivity contribution in [3.05, 3.63) is 53.8 Å². The summed E-state index contributed by atoms with van der Waals surface area (Å²) in [5.41, 5.74) is 5.92. The van der Waals surface area contributed by atoms with Crippen LogP contribution in [0.15, 0.2) is 42.5 Å². The number of hydrogen-bond donors (Lipinski definition) is 2. The van der Waals surface area contributed by atoms with Gasteiger partial charge in [-0.25, -0.2) is 9.37 Å². The number of aromatic nitrogens is 1. The van der Waals surface area contributed by atoms with Gasteiger partial charge in [-0.1, -0.05) is 23.5 Å². The lowest BCUT2D eigenvalue weighted by Gasteiger charge is -2.05. The van der Waals surface area contributed by atoms with Gasteiger partial charge in [-0.3, -0.25) is 15.6 Å². The van der Waals surface area contributed by atoms with E-state index in [9.17, 15) is 9.18 Å². The number of fused-ring (bicyclic) bond motifs is 1. The van der Waals surface area contributed by atoms with Crippen LogP contribution in [0.2, 0.25) is 0 Å². The van der Waals surface area contributed by atoms with Gasteiger partial charge in [-0.15, -0.1) is 0 Å². The first-order valence-electron chi connectivity index (χ1n) is 7.01. The Morgan fingerprint density at radius 2 is 2.13 bits per heavy atom. The summed E-state index contributed by atoms with van der Waals surface area (Å²) in [6, 6.07) is 11.4. The zero-order valence-electron chi connectivity index (χ0n) is 12.3. The van der Waals surface area contributed by atoms with Crippen molar-refractivity contribution in [2.45, 2.75) is 6.92 Å². The Morgan fingerprint density at radius 3 is 2.91 bits per heavy atom. The van der Waals surface area contributed by atoms with Crippen LogP contribution in [-0.2, 0) is 0 Å². The van der Waals surface area contributed by atoms with Crippen LogP contribution in [0.25, 0.3) is 10.2 Å². The molecule has 0 aliphatic heterocycles. The van der Waals surface area contributed by atoms with Gasteiger partial charge in [0.25, 0.3) is 5.91 Å². The number of nitrogens with zero attached hydrogens (tertiary/aromatic N) is 1. The Labute approximate surface area is 136 Å². The van der Waals surface area contributed by atoms with E-state index in [0.29, 0.717) is 11.7 Å². The third-order valence-corrected chi connectivity index (χ3v) is 4.01. The van der Waals surface area contributed by atoms with Crippen molar-refractivity contribution in [3.8, 4) is 5.75 Å². The van der Waals surface area contributed by atoms with E-state index in [1.54, 1.807) is 6.07 Å². The number of amides is 1. The Hall–Kier alpha value is -2.67. The van der Waals surface area contributed by atoms with Crippen LogP contribution in [0.5, 0.6) is 5.75 Å². The highest BCUT2D eigenvalue weighted by molar-refractivity contribution is 7.22. The summed E-state index contributed by atoms with van der Waals surface area (Å²) in [6.45, 7) is 2.51.